The molecule has 1 heterocycles. The Labute approximate surface area is 130 Å². The molecule has 5 nitrogen and oxygen atoms in total. The van der Waals surface area contributed by atoms with Crippen molar-refractivity contribution in [2.45, 2.75) is 14.0 Å². The summed E-state index contributed by atoms with van der Waals surface area (Å²) in [6.45, 7) is 0. The third kappa shape index (κ3) is 3.07. The second-order valence-corrected chi connectivity index (χ2v) is 8.00. The molecule has 2 aromatic rings. The predicted octanol–water partition coefficient (Wildman–Crippen LogP) is 3.01. The van der Waals surface area contributed by atoms with Crippen LogP contribution in [0.15, 0.2) is 44.3 Å². The number of methoxy groups -OCH3 is 1. The number of thiophene rings is 1. The van der Waals surface area contributed by atoms with Crippen molar-refractivity contribution in [3.63, 3.8) is 0 Å². The van der Waals surface area contributed by atoms with E-state index in [9.17, 15) is 13.2 Å². The van der Waals surface area contributed by atoms with Crippen LogP contribution >= 0.6 is 23.1 Å². The summed E-state index contributed by atoms with van der Waals surface area (Å²) in [5, 5.41) is 9.02. The van der Waals surface area contributed by atoms with Crippen LogP contribution in [0.2, 0.25) is 0 Å². The van der Waals surface area contributed by atoms with Crippen molar-refractivity contribution in [3.05, 3.63) is 35.2 Å². The topological polar surface area (TPSA) is 80.7 Å². The number of aromatic carboxylic acids is 1. The summed E-state index contributed by atoms with van der Waals surface area (Å²) in [5.41, 5.74) is 0. The summed E-state index contributed by atoms with van der Waals surface area (Å²) in [5.74, 6) is -0.710. The zero-order valence-electron chi connectivity index (χ0n) is 11.2. The van der Waals surface area contributed by atoms with E-state index in [0.29, 0.717) is 9.96 Å². The number of rotatable bonds is 5. The van der Waals surface area contributed by atoms with Crippen LogP contribution in [-0.2, 0) is 9.84 Å². The van der Waals surface area contributed by atoms with Gasteiger partial charge in [0.15, 0.2) is 0 Å². The van der Waals surface area contributed by atoms with Crippen LogP contribution in [0.25, 0.3) is 0 Å². The molecule has 0 aliphatic rings. The van der Waals surface area contributed by atoms with Crippen molar-refractivity contribution in [2.75, 3.05) is 13.4 Å². The first-order valence-electron chi connectivity index (χ1n) is 5.70. The fourth-order valence-corrected chi connectivity index (χ4v) is 5.56. The molecule has 112 valence electrons. The number of carbonyl (C=O) groups is 1. The van der Waals surface area contributed by atoms with Gasteiger partial charge in [-0.05, 0) is 30.5 Å². The fraction of sp³-hybridized carbons (Fsp3) is 0.154. The lowest BCUT2D eigenvalue weighted by atomic mass is 10.3. The molecule has 0 radical (unpaired) electrons. The van der Waals surface area contributed by atoms with Gasteiger partial charge in [-0.1, -0.05) is 6.07 Å². The average Bonchev–Trinajstić information content (AvgIpc) is 2.92. The standard InChI is InChI=1S/C13H12O5S3/c1-18-8-4-3-5-9(6-8)21(16,17)11-7-10(12(14)15)20-13(11)19-2/h3-7H,1-2H3,(H,14,15). The Kier molecular flexibility index (Phi) is 4.60. The van der Waals surface area contributed by atoms with Crippen molar-refractivity contribution in [1.29, 1.82) is 0 Å². The van der Waals surface area contributed by atoms with Crippen LogP contribution in [0.3, 0.4) is 0 Å². The Hall–Kier alpha value is -1.51. The minimum absolute atomic E-state index is 0.000760. The second-order valence-electron chi connectivity index (χ2n) is 3.95. The zero-order chi connectivity index (χ0) is 15.6. The van der Waals surface area contributed by atoms with Crippen molar-refractivity contribution >= 4 is 38.9 Å². The molecule has 2 rings (SSSR count). The van der Waals surface area contributed by atoms with E-state index in [2.05, 4.69) is 0 Å². The fourth-order valence-electron chi connectivity index (χ4n) is 1.69. The predicted molar refractivity (Wildman–Crippen MR) is 81.5 cm³/mol. The van der Waals surface area contributed by atoms with E-state index in [1.807, 2.05) is 0 Å². The molecule has 0 bridgehead atoms. The van der Waals surface area contributed by atoms with Crippen LogP contribution in [0.4, 0.5) is 0 Å². The highest BCUT2D eigenvalue weighted by Crippen LogP contribution is 2.37. The third-order valence-electron chi connectivity index (χ3n) is 2.70. The molecule has 0 aliphatic carbocycles. The maximum atomic E-state index is 12.7. The molecule has 21 heavy (non-hydrogen) atoms. The number of benzene rings is 1. The number of ether oxygens (including phenoxy) is 1. The second kappa shape index (κ2) is 6.08. The summed E-state index contributed by atoms with van der Waals surface area (Å²) in [6.07, 6.45) is 1.71. The van der Waals surface area contributed by atoms with Gasteiger partial charge in [0.05, 0.1) is 21.1 Å². The van der Waals surface area contributed by atoms with E-state index in [-0.39, 0.29) is 14.7 Å². The first-order valence-corrected chi connectivity index (χ1v) is 9.23. The number of hydrogen-bond acceptors (Lipinski definition) is 6. The molecule has 1 aromatic heterocycles. The molecule has 0 saturated carbocycles. The van der Waals surface area contributed by atoms with E-state index in [1.165, 1.54) is 37.1 Å². The molecule has 0 amide bonds. The van der Waals surface area contributed by atoms with Crippen molar-refractivity contribution in [1.82, 2.24) is 0 Å². The molecule has 0 atom stereocenters. The largest absolute Gasteiger partial charge is 0.497 e. The Morgan fingerprint density at radius 1 is 1.33 bits per heavy atom. The number of hydrogen-bond donors (Lipinski definition) is 1. The first kappa shape index (κ1) is 15.9. The van der Waals surface area contributed by atoms with E-state index >= 15 is 0 Å². The number of carboxylic acids is 1. The quantitative estimate of drug-likeness (QED) is 0.840. The van der Waals surface area contributed by atoms with Gasteiger partial charge in [-0.15, -0.1) is 23.1 Å². The minimum atomic E-state index is -3.78. The van der Waals surface area contributed by atoms with Gasteiger partial charge in [-0.2, -0.15) is 0 Å². The maximum Gasteiger partial charge on any atom is 0.345 e. The highest BCUT2D eigenvalue weighted by Gasteiger charge is 2.26. The molecule has 1 aromatic carbocycles. The van der Waals surface area contributed by atoms with Crippen molar-refractivity contribution in [2.24, 2.45) is 0 Å². The normalized spacial score (nSPS) is 11.3. The van der Waals surface area contributed by atoms with Crippen LogP contribution < -0.4 is 4.74 Å². The Morgan fingerprint density at radius 2 is 2.05 bits per heavy atom. The van der Waals surface area contributed by atoms with Gasteiger partial charge in [0.2, 0.25) is 9.84 Å². The van der Waals surface area contributed by atoms with Gasteiger partial charge >= 0.3 is 5.97 Å². The van der Waals surface area contributed by atoms with Crippen LogP contribution in [0.1, 0.15) is 9.67 Å². The maximum absolute atomic E-state index is 12.7. The van der Waals surface area contributed by atoms with Crippen molar-refractivity contribution < 1.29 is 23.1 Å². The molecule has 0 aliphatic heterocycles. The van der Waals surface area contributed by atoms with Gasteiger partial charge < -0.3 is 9.84 Å². The summed E-state index contributed by atoms with van der Waals surface area (Å²) in [6, 6.07) is 7.30. The summed E-state index contributed by atoms with van der Waals surface area (Å²) >= 11 is 2.16. The Morgan fingerprint density at radius 3 is 2.62 bits per heavy atom. The summed E-state index contributed by atoms with van der Waals surface area (Å²) in [4.78, 5) is 11.1. The van der Waals surface area contributed by atoms with E-state index in [1.54, 1.807) is 18.4 Å². The molecular weight excluding hydrogens is 332 g/mol. The molecule has 1 N–H and O–H groups in total. The lowest BCUT2D eigenvalue weighted by Gasteiger charge is -2.06. The van der Waals surface area contributed by atoms with Gasteiger partial charge in [0.1, 0.15) is 10.6 Å². The van der Waals surface area contributed by atoms with Crippen molar-refractivity contribution in [3.8, 4) is 5.75 Å². The smallest absolute Gasteiger partial charge is 0.345 e. The van der Waals surface area contributed by atoms with E-state index in [0.717, 1.165) is 11.3 Å². The Balaban J connectivity index is 2.60. The van der Waals surface area contributed by atoms with Gasteiger partial charge in [0, 0.05) is 0 Å². The molecule has 0 saturated heterocycles. The molecular formula is C13H12O5S3. The monoisotopic (exact) mass is 344 g/mol. The number of thioether (sulfide) groups is 1. The summed E-state index contributed by atoms with van der Waals surface area (Å²) in [7, 11) is -2.33. The lowest BCUT2D eigenvalue weighted by molar-refractivity contribution is 0.0702. The summed E-state index contributed by atoms with van der Waals surface area (Å²) < 4.78 is 30.8. The lowest BCUT2D eigenvalue weighted by Crippen LogP contribution is -2.02. The molecule has 0 spiro atoms. The van der Waals surface area contributed by atoms with Gasteiger partial charge in [-0.25, -0.2) is 13.2 Å². The molecule has 0 fully saturated rings. The van der Waals surface area contributed by atoms with Crippen LogP contribution in [0, 0.1) is 0 Å². The average molecular weight is 344 g/mol. The minimum Gasteiger partial charge on any atom is -0.497 e. The van der Waals surface area contributed by atoms with Crippen LogP contribution in [0.5, 0.6) is 5.75 Å². The molecule has 8 heteroatoms. The number of carboxylic acid groups (broad SMARTS) is 1. The number of sulfone groups is 1. The molecule has 0 unspecified atom stereocenters. The third-order valence-corrected chi connectivity index (χ3v) is 7.00. The van der Waals surface area contributed by atoms with Gasteiger partial charge in [-0.3, -0.25) is 0 Å². The zero-order valence-corrected chi connectivity index (χ0v) is 13.6. The highest BCUT2D eigenvalue weighted by molar-refractivity contribution is 8.01. The Bertz CT molecular complexity index is 777. The first-order chi connectivity index (χ1) is 9.90. The highest BCUT2D eigenvalue weighted by atomic mass is 32.2. The van der Waals surface area contributed by atoms with E-state index in [4.69, 9.17) is 9.84 Å². The van der Waals surface area contributed by atoms with Crippen LogP contribution in [-0.4, -0.2) is 32.9 Å². The SMILES string of the molecule is COc1cccc(S(=O)(=O)c2cc(C(=O)O)sc2SC)c1. The van der Waals surface area contributed by atoms with Gasteiger partial charge in [0.25, 0.3) is 0 Å². The van der Waals surface area contributed by atoms with E-state index < -0.39 is 15.8 Å².